The number of fused-ring (bicyclic) bond motifs is 7. The zero-order valence-electron chi connectivity index (χ0n) is 39.2. The second kappa shape index (κ2) is 18.2. The highest BCUT2D eigenvalue weighted by Crippen LogP contribution is 2.38. The summed E-state index contributed by atoms with van der Waals surface area (Å²) in [5, 5.41) is 8.81. The van der Waals surface area contributed by atoms with Crippen molar-refractivity contribution in [2.75, 3.05) is 10.6 Å². The van der Waals surface area contributed by atoms with Crippen LogP contribution in [0.3, 0.4) is 0 Å². The van der Waals surface area contributed by atoms with Crippen LogP contribution in [0.15, 0.2) is 229 Å². The number of allylic oxidation sites excluding steroid dienone is 10. The van der Waals surface area contributed by atoms with Crippen LogP contribution in [-0.2, 0) is 0 Å². The first-order valence-electron chi connectivity index (χ1n) is 24.8. The van der Waals surface area contributed by atoms with Crippen LogP contribution in [0.5, 0.6) is 0 Å². The van der Waals surface area contributed by atoms with Gasteiger partial charge in [-0.3, -0.25) is 0 Å². The molecule has 4 nitrogen and oxygen atoms in total. The fraction of sp³-hybridized carbons (Fsp3) is 0.138. The number of hydrogen-bond donors (Lipinski definition) is 1. The topological polar surface area (TPSA) is 39.1 Å². The zero-order chi connectivity index (χ0) is 46.3. The van der Waals surface area contributed by atoms with Crippen molar-refractivity contribution >= 4 is 67.0 Å². The van der Waals surface area contributed by atoms with Crippen LogP contribution in [0.1, 0.15) is 45.4 Å². The molecule has 2 N–H and O–H groups in total. The van der Waals surface area contributed by atoms with Crippen molar-refractivity contribution in [1.82, 2.24) is 9.13 Å². The summed E-state index contributed by atoms with van der Waals surface area (Å²) in [6.45, 7) is 2.26. The predicted octanol–water partition coefficient (Wildman–Crippen LogP) is 15.2. The van der Waals surface area contributed by atoms with E-state index in [9.17, 15) is 0 Å². The van der Waals surface area contributed by atoms with Gasteiger partial charge >= 0.3 is 0 Å². The summed E-state index contributed by atoms with van der Waals surface area (Å²) >= 11 is 0. The van der Waals surface area contributed by atoms with Gasteiger partial charge in [0.25, 0.3) is 0 Å². The van der Waals surface area contributed by atoms with Gasteiger partial charge in [-0.1, -0.05) is 165 Å². The highest BCUT2D eigenvalue weighted by Gasteiger charge is 2.22. The van der Waals surface area contributed by atoms with Crippen LogP contribution >= 0.6 is 0 Å². The van der Waals surface area contributed by atoms with E-state index in [1.165, 1.54) is 93.8 Å². The largest absolute Gasteiger partial charge is 0.398 e. The minimum atomic E-state index is 0.405. The first kappa shape index (κ1) is 42.3. The summed E-state index contributed by atoms with van der Waals surface area (Å²) in [4.78, 5) is 2.37. The fourth-order valence-corrected chi connectivity index (χ4v) is 11.0. The summed E-state index contributed by atoms with van der Waals surface area (Å²) < 4.78 is 4.89. The molecule has 7 aromatic carbocycles. The first-order valence-corrected chi connectivity index (χ1v) is 24.8. The van der Waals surface area contributed by atoms with E-state index < -0.39 is 0 Å². The lowest BCUT2D eigenvalue weighted by molar-refractivity contribution is 0.727. The Labute approximate surface area is 404 Å². The Kier molecular flexibility index (Phi) is 11.2. The number of benzene rings is 7. The van der Waals surface area contributed by atoms with Crippen molar-refractivity contribution in [2.24, 2.45) is 11.8 Å². The molecule has 0 bridgehead atoms. The molecule has 0 aliphatic heterocycles. The highest BCUT2D eigenvalue weighted by atomic mass is 15.2. The molecule has 0 spiro atoms. The molecule has 4 aliphatic carbocycles. The molecular formula is C65H56N4. The third-order valence-corrected chi connectivity index (χ3v) is 14.4. The Morgan fingerprint density at radius 1 is 0.493 bits per heavy atom. The van der Waals surface area contributed by atoms with E-state index >= 15 is 0 Å². The van der Waals surface area contributed by atoms with Gasteiger partial charge in [-0.2, -0.15) is 0 Å². The SMILES string of the molecule is C1=CC(C2C=c3c(n(-c4cccc(-n5c6ccccc6c6ccccc65)c4)c4ccc(-c5ccccc5)cc34)=CC2)=CCC1.CC1C=CC(N(C2=CCCC=C2)c2ccc(N)c3ccccc23)=CC1. The molecule has 13 rings (SSSR count). The molecule has 0 amide bonds. The van der Waals surface area contributed by atoms with Crippen molar-refractivity contribution < 1.29 is 0 Å². The number of nitrogens with two attached hydrogens (primary N) is 1. The zero-order valence-corrected chi connectivity index (χ0v) is 39.2. The van der Waals surface area contributed by atoms with Crippen LogP contribution in [0, 0.1) is 11.8 Å². The Bertz CT molecular complexity index is 3720. The second-order valence-electron chi connectivity index (χ2n) is 18.9. The Morgan fingerprint density at radius 3 is 1.87 bits per heavy atom. The van der Waals surface area contributed by atoms with E-state index in [1.807, 2.05) is 12.1 Å². The quantitative estimate of drug-likeness (QED) is 0.162. The lowest BCUT2D eigenvalue weighted by atomic mass is 9.88. The molecular weight excluding hydrogens is 837 g/mol. The standard InChI is InChI=1S/C42H32N2.C23H24N2/c1-3-12-29(13-4-1)31-22-24-41-37(26-31)38-27-32(30-14-5-2-6-15-30)23-25-42(38)44(41)34-17-11-16-33(28-34)43-39-20-9-7-18-35(39)36-19-8-10-21-40(36)43;1-17-11-13-19(14-12-17)25(18-7-3-2-4-8-18)23-16-15-22(24)20-9-5-6-10-21(20)23/h1,3-5,7-22,24-28,32H,2,6,23H2;3,5-11,13-17H,2,4,12,24H2,1H3. The molecule has 69 heavy (non-hydrogen) atoms. The maximum Gasteiger partial charge on any atom is 0.0541 e. The van der Waals surface area contributed by atoms with Crippen LogP contribution in [0.25, 0.3) is 78.1 Å². The van der Waals surface area contributed by atoms with Crippen molar-refractivity contribution in [2.45, 2.75) is 45.4 Å². The molecule has 2 atom stereocenters. The van der Waals surface area contributed by atoms with E-state index in [0.29, 0.717) is 11.8 Å². The molecule has 0 saturated carbocycles. The number of anilines is 2. The summed E-state index contributed by atoms with van der Waals surface area (Å²) in [5.41, 5.74) is 20.7. The fourth-order valence-electron chi connectivity index (χ4n) is 11.0. The number of nitrogens with zero attached hydrogens (tertiary/aromatic N) is 3. The van der Waals surface area contributed by atoms with Crippen LogP contribution in [0.2, 0.25) is 0 Å². The lowest BCUT2D eigenvalue weighted by Gasteiger charge is -2.31. The van der Waals surface area contributed by atoms with Gasteiger partial charge in [-0.15, -0.1) is 0 Å². The Hall–Kier alpha value is -8.08. The third-order valence-electron chi connectivity index (χ3n) is 14.4. The average molecular weight is 893 g/mol. The molecule has 9 aromatic rings. The van der Waals surface area contributed by atoms with Gasteiger partial charge < -0.3 is 19.8 Å². The van der Waals surface area contributed by atoms with Gasteiger partial charge in [0, 0.05) is 71.9 Å². The number of rotatable bonds is 7. The normalized spacial score (nSPS) is 17.4. The molecule has 2 unspecified atom stereocenters. The highest BCUT2D eigenvalue weighted by molar-refractivity contribution is 6.09. The number of hydrogen-bond acceptors (Lipinski definition) is 2. The van der Waals surface area contributed by atoms with E-state index in [1.54, 1.807) is 0 Å². The summed E-state index contributed by atoms with van der Waals surface area (Å²) in [5.74, 6) is 1.01. The summed E-state index contributed by atoms with van der Waals surface area (Å²) in [6.07, 6.45) is 32.4. The second-order valence-corrected chi connectivity index (χ2v) is 18.9. The number of nitrogen functional groups attached to an aromatic ring is 1. The molecule has 4 heteroatoms. The first-order chi connectivity index (χ1) is 34.1. The number of aromatic nitrogens is 2. The van der Waals surface area contributed by atoms with Crippen molar-refractivity contribution in [1.29, 1.82) is 0 Å². The van der Waals surface area contributed by atoms with Gasteiger partial charge in [0.15, 0.2) is 0 Å². The third kappa shape index (κ3) is 7.86. The lowest BCUT2D eigenvalue weighted by Crippen LogP contribution is -2.32. The van der Waals surface area contributed by atoms with Gasteiger partial charge in [-0.25, -0.2) is 0 Å². The van der Waals surface area contributed by atoms with Crippen molar-refractivity contribution in [3.8, 4) is 22.5 Å². The Morgan fingerprint density at radius 2 is 1.16 bits per heavy atom. The number of para-hydroxylation sites is 2. The molecule has 336 valence electrons. The minimum Gasteiger partial charge on any atom is -0.398 e. The smallest absolute Gasteiger partial charge is 0.0541 e. The molecule has 2 aromatic heterocycles. The van der Waals surface area contributed by atoms with Crippen LogP contribution < -0.4 is 21.2 Å². The average Bonchev–Trinajstić information content (AvgIpc) is 3.93. The molecule has 2 heterocycles. The maximum atomic E-state index is 6.22. The summed E-state index contributed by atoms with van der Waals surface area (Å²) in [7, 11) is 0. The van der Waals surface area contributed by atoms with Crippen LogP contribution in [-0.4, -0.2) is 9.13 Å². The van der Waals surface area contributed by atoms with E-state index in [2.05, 4.69) is 233 Å². The van der Waals surface area contributed by atoms with Gasteiger partial charge in [0.05, 0.1) is 22.2 Å². The Balaban J connectivity index is 0.000000167. The van der Waals surface area contributed by atoms with Crippen molar-refractivity contribution in [3.63, 3.8) is 0 Å². The molecule has 0 radical (unpaired) electrons. The van der Waals surface area contributed by atoms with E-state index in [4.69, 9.17) is 5.73 Å². The summed E-state index contributed by atoms with van der Waals surface area (Å²) in [6, 6.07) is 56.8. The van der Waals surface area contributed by atoms with E-state index in [0.717, 1.165) is 49.6 Å². The molecule has 0 saturated heterocycles. The monoisotopic (exact) mass is 892 g/mol. The predicted molar refractivity (Wildman–Crippen MR) is 294 cm³/mol. The van der Waals surface area contributed by atoms with Crippen LogP contribution in [0.4, 0.5) is 11.4 Å². The van der Waals surface area contributed by atoms with Gasteiger partial charge in [0.1, 0.15) is 0 Å². The van der Waals surface area contributed by atoms with Gasteiger partial charge in [-0.05, 0) is 128 Å². The van der Waals surface area contributed by atoms with Gasteiger partial charge in [0.2, 0.25) is 0 Å². The molecule has 0 fully saturated rings. The maximum absolute atomic E-state index is 6.22. The van der Waals surface area contributed by atoms with Crippen molar-refractivity contribution in [3.05, 3.63) is 240 Å². The van der Waals surface area contributed by atoms with E-state index in [-0.39, 0.29) is 0 Å². The molecule has 4 aliphatic rings. The minimum absolute atomic E-state index is 0.405.